The summed E-state index contributed by atoms with van der Waals surface area (Å²) >= 11 is 1.78. The van der Waals surface area contributed by atoms with Gasteiger partial charge in [-0.25, -0.2) is 4.39 Å². The van der Waals surface area contributed by atoms with Crippen LogP contribution in [0.3, 0.4) is 0 Å². The highest BCUT2D eigenvalue weighted by atomic mass is 32.2. The minimum Gasteiger partial charge on any atom is -0.357 e. The summed E-state index contributed by atoms with van der Waals surface area (Å²) in [4.78, 5) is 6.61. The Morgan fingerprint density at radius 1 is 1.37 bits per heavy atom. The van der Waals surface area contributed by atoms with Gasteiger partial charge in [0.15, 0.2) is 5.96 Å². The second kappa shape index (κ2) is 8.80. The number of nitrogens with zero attached hydrogens (tertiary/aromatic N) is 2. The second-order valence-corrected chi connectivity index (χ2v) is 5.20. The number of rotatable bonds is 6. The first kappa shape index (κ1) is 15.8. The van der Waals surface area contributed by atoms with Crippen LogP contribution >= 0.6 is 11.8 Å². The van der Waals surface area contributed by atoms with E-state index in [0.717, 1.165) is 30.4 Å². The number of hydrogen-bond acceptors (Lipinski definition) is 2. The molecule has 0 radical (unpaired) electrons. The number of benzene rings is 1. The van der Waals surface area contributed by atoms with Crippen molar-refractivity contribution in [1.29, 1.82) is 0 Å². The van der Waals surface area contributed by atoms with Crippen molar-refractivity contribution < 1.29 is 4.39 Å². The van der Waals surface area contributed by atoms with Gasteiger partial charge in [0.05, 0.1) is 6.54 Å². The van der Waals surface area contributed by atoms with E-state index >= 15 is 0 Å². The number of nitrogens with one attached hydrogen (secondary N) is 1. The summed E-state index contributed by atoms with van der Waals surface area (Å²) in [7, 11) is 1.99. The molecule has 5 heteroatoms. The Labute approximate surface area is 119 Å². The van der Waals surface area contributed by atoms with Crippen LogP contribution in [0.2, 0.25) is 0 Å². The zero-order valence-corrected chi connectivity index (χ0v) is 12.6. The number of halogens is 1. The van der Waals surface area contributed by atoms with Crippen LogP contribution in [0.1, 0.15) is 12.5 Å². The average Bonchev–Trinajstić information content (AvgIpc) is 2.40. The van der Waals surface area contributed by atoms with Crippen molar-refractivity contribution >= 4 is 17.7 Å². The Bertz CT molecular complexity index is 392. The Kier molecular flexibility index (Phi) is 7.33. The summed E-state index contributed by atoms with van der Waals surface area (Å²) in [5.41, 5.74) is 1.07. The van der Waals surface area contributed by atoms with Crippen molar-refractivity contribution in [1.82, 2.24) is 10.2 Å². The van der Waals surface area contributed by atoms with Gasteiger partial charge in [0.1, 0.15) is 5.82 Å². The van der Waals surface area contributed by atoms with Gasteiger partial charge in [0, 0.05) is 25.9 Å². The van der Waals surface area contributed by atoms with Crippen molar-refractivity contribution in [3.05, 3.63) is 35.6 Å². The first-order chi connectivity index (χ1) is 9.17. The highest BCUT2D eigenvalue weighted by Gasteiger charge is 2.06. The molecule has 19 heavy (non-hydrogen) atoms. The largest absolute Gasteiger partial charge is 0.357 e. The van der Waals surface area contributed by atoms with E-state index in [2.05, 4.69) is 28.4 Å². The van der Waals surface area contributed by atoms with Gasteiger partial charge in [0.25, 0.3) is 0 Å². The van der Waals surface area contributed by atoms with Crippen LogP contribution in [0.25, 0.3) is 0 Å². The maximum Gasteiger partial charge on any atom is 0.193 e. The summed E-state index contributed by atoms with van der Waals surface area (Å²) in [6.45, 7) is 4.41. The van der Waals surface area contributed by atoms with Crippen LogP contribution in [-0.4, -0.2) is 43.0 Å². The van der Waals surface area contributed by atoms with Crippen LogP contribution < -0.4 is 5.32 Å². The summed E-state index contributed by atoms with van der Waals surface area (Å²) in [5.74, 6) is 1.70. The van der Waals surface area contributed by atoms with Gasteiger partial charge in [-0.1, -0.05) is 12.1 Å². The van der Waals surface area contributed by atoms with E-state index in [1.54, 1.807) is 23.9 Å². The molecule has 0 aromatic heterocycles. The highest BCUT2D eigenvalue weighted by Crippen LogP contribution is 2.05. The van der Waals surface area contributed by atoms with Gasteiger partial charge in [0.2, 0.25) is 0 Å². The quantitative estimate of drug-likeness (QED) is 0.494. The van der Waals surface area contributed by atoms with E-state index in [1.165, 1.54) is 12.1 Å². The zero-order valence-electron chi connectivity index (χ0n) is 11.8. The van der Waals surface area contributed by atoms with Gasteiger partial charge in [-0.3, -0.25) is 4.99 Å². The molecule has 0 unspecified atom stereocenters. The Hall–Kier alpha value is -1.23. The molecule has 0 spiro atoms. The number of hydrogen-bond donors (Lipinski definition) is 1. The van der Waals surface area contributed by atoms with Gasteiger partial charge in [-0.2, -0.15) is 11.8 Å². The third kappa shape index (κ3) is 5.96. The standard InChI is InChI=1S/C14H22FN3S/c1-4-16-14(17-9-10-19-3)18(2)11-12-5-7-13(15)8-6-12/h5-8H,4,9-11H2,1-3H3,(H,16,17). The van der Waals surface area contributed by atoms with E-state index in [0.29, 0.717) is 6.54 Å². The number of thioether (sulfide) groups is 1. The highest BCUT2D eigenvalue weighted by molar-refractivity contribution is 7.98. The van der Waals surface area contributed by atoms with Crippen LogP contribution in [0, 0.1) is 5.82 Å². The van der Waals surface area contributed by atoms with Crippen molar-refractivity contribution in [2.24, 2.45) is 4.99 Å². The molecule has 0 aliphatic carbocycles. The predicted octanol–water partition coefficient (Wildman–Crippen LogP) is 2.59. The van der Waals surface area contributed by atoms with Gasteiger partial charge in [-0.05, 0) is 30.9 Å². The van der Waals surface area contributed by atoms with Gasteiger partial charge >= 0.3 is 0 Å². The minimum absolute atomic E-state index is 0.202. The Morgan fingerprint density at radius 3 is 2.63 bits per heavy atom. The van der Waals surface area contributed by atoms with E-state index in [1.807, 2.05) is 7.05 Å². The lowest BCUT2D eigenvalue weighted by Crippen LogP contribution is -2.38. The normalized spacial score (nSPS) is 11.5. The Balaban J connectivity index is 2.62. The lowest BCUT2D eigenvalue weighted by molar-refractivity contribution is 0.477. The molecule has 0 amide bonds. The first-order valence-electron chi connectivity index (χ1n) is 6.40. The molecule has 1 aromatic rings. The van der Waals surface area contributed by atoms with Crippen LogP contribution in [0.4, 0.5) is 4.39 Å². The smallest absolute Gasteiger partial charge is 0.193 e. The molecule has 1 aromatic carbocycles. The number of guanidine groups is 1. The van der Waals surface area contributed by atoms with Crippen molar-refractivity contribution in [2.75, 3.05) is 32.1 Å². The van der Waals surface area contributed by atoms with Crippen molar-refractivity contribution in [3.8, 4) is 0 Å². The SMILES string of the molecule is CCNC(=NCCSC)N(C)Cc1ccc(F)cc1. The predicted molar refractivity (Wildman–Crippen MR) is 82.2 cm³/mol. The summed E-state index contributed by atoms with van der Waals surface area (Å²) in [6, 6.07) is 6.58. The van der Waals surface area contributed by atoms with Gasteiger partial charge in [-0.15, -0.1) is 0 Å². The lowest BCUT2D eigenvalue weighted by Gasteiger charge is -2.22. The third-order valence-corrected chi connectivity index (χ3v) is 3.18. The van der Waals surface area contributed by atoms with Crippen LogP contribution in [0.5, 0.6) is 0 Å². The Morgan fingerprint density at radius 2 is 2.05 bits per heavy atom. The molecule has 0 saturated carbocycles. The molecular weight excluding hydrogens is 261 g/mol. The van der Waals surface area contributed by atoms with Crippen LogP contribution in [-0.2, 0) is 6.54 Å². The molecule has 0 saturated heterocycles. The fourth-order valence-corrected chi connectivity index (χ4v) is 1.92. The van der Waals surface area contributed by atoms with Gasteiger partial charge < -0.3 is 10.2 Å². The molecule has 0 fully saturated rings. The molecule has 1 rings (SSSR count). The van der Waals surface area contributed by atoms with E-state index < -0.39 is 0 Å². The zero-order chi connectivity index (χ0) is 14.1. The second-order valence-electron chi connectivity index (χ2n) is 4.21. The first-order valence-corrected chi connectivity index (χ1v) is 7.79. The fourth-order valence-electron chi connectivity index (χ4n) is 1.65. The molecule has 0 aliphatic heterocycles. The molecule has 0 bridgehead atoms. The van der Waals surface area contributed by atoms with E-state index in [4.69, 9.17) is 0 Å². The van der Waals surface area contributed by atoms with Crippen LogP contribution in [0.15, 0.2) is 29.3 Å². The molecule has 0 aliphatic rings. The molecule has 3 nitrogen and oxygen atoms in total. The average molecular weight is 283 g/mol. The summed E-state index contributed by atoms with van der Waals surface area (Å²) in [5, 5.41) is 3.27. The monoisotopic (exact) mass is 283 g/mol. The van der Waals surface area contributed by atoms with E-state index in [-0.39, 0.29) is 5.82 Å². The number of aliphatic imine (C=N–C) groups is 1. The topological polar surface area (TPSA) is 27.6 Å². The summed E-state index contributed by atoms with van der Waals surface area (Å²) in [6.07, 6.45) is 2.07. The minimum atomic E-state index is -0.202. The molecule has 0 heterocycles. The fraction of sp³-hybridized carbons (Fsp3) is 0.500. The molecule has 1 N–H and O–H groups in total. The third-order valence-electron chi connectivity index (χ3n) is 2.59. The summed E-state index contributed by atoms with van der Waals surface area (Å²) < 4.78 is 12.9. The van der Waals surface area contributed by atoms with Crippen molar-refractivity contribution in [3.63, 3.8) is 0 Å². The van der Waals surface area contributed by atoms with Crippen molar-refractivity contribution in [2.45, 2.75) is 13.5 Å². The maximum absolute atomic E-state index is 12.9. The van der Waals surface area contributed by atoms with E-state index in [9.17, 15) is 4.39 Å². The molecule has 0 atom stereocenters. The molecule has 106 valence electrons. The lowest BCUT2D eigenvalue weighted by atomic mass is 10.2. The maximum atomic E-state index is 12.9. The molecular formula is C14H22FN3S.